The molecule has 2 amide bonds. The second-order valence-electron chi connectivity index (χ2n) is 7.02. The molecule has 0 aliphatic carbocycles. The van der Waals surface area contributed by atoms with Gasteiger partial charge in [0.2, 0.25) is 0 Å². The van der Waals surface area contributed by atoms with Crippen LogP contribution in [0.1, 0.15) is 37.9 Å². The first-order valence-electron chi connectivity index (χ1n) is 10.4. The molecule has 0 radical (unpaired) electrons. The molecule has 6 nitrogen and oxygen atoms in total. The Hall–Kier alpha value is -3.35. The zero-order valence-corrected chi connectivity index (χ0v) is 18.0. The molecule has 0 saturated carbocycles. The summed E-state index contributed by atoms with van der Waals surface area (Å²) >= 11 is 0. The molecule has 0 bridgehead atoms. The number of ether oxygens (including phenoxy) is 2. The van der Waals surface area contributed by atoms with Crippen molar-refractivity contribution in [1.29, 1.82) is 0 Å². The quantitative estimate of drug-likeness (QED) is 0.637. The van der Waals surface area contributed by atoms with Crippen LogP contribution in [0, 0.1) is 5.82 Å². The van der Waals surface area contributed by atoms with E-state index in [2.05, 4.69) is 5.32 Å². The van der Waals surface area contributed by atoms with Crippen molar-refractivity contribution in [3.8, 4) is 5.75 Å². The minimum absolute atomic E-state index is 0.0342. The fourth-order valence-corrected chi connectivity index (χ4v) is 3.59. The highest BCUT2D eigenvalue weighted by Gasteiger charge is 2.39. The van der Waals surface area contributed by atoms with E-state index in [1.807, 2.05) is 31.2 Å². The molecule has 1 atom stereocenters. The predicted molar refractivity (Wildman–Crippen MR) is 115 cm³/mol. The number of esters is 1. The number of nitrogens with zero attached hydrogens (tertiary/aromatic N) is 1. The van der Waals surface area contributed by atoms with E-state index in [1.54, 1.807) is 32.0 Å². The van der Waals surface area contributed by atoms with Crippen LogP contribution in [0.5, 0.6) is 5.75 Å². The highest BCUT2D eigenvalue weighted by Crippen LogP contribution is 2.33. The van der Waals surface area contributed by atoms with Crippen LogP contribution in [0.2, 0.25) is 0 Å². The van der Waals surface area contributed by atoms with Gasteiger partial charge in [0.05, 0.1) is 23.9 Å². The molecule has 0 saturated heterocycles. The van der Waals surface area contributed by atoms with Crippen LogP contribution in [-0.4, -0.2) is 36.7 Å². The van der Waals surface area contributed by atoms with E-state index in [0.717, 1.165) is 12.0 Å². The molecule has 164 valence electrons. The molecule has 1 aliphatic heterocycles. The average Bonchev–Trinajstić information content (AvgIpc) is 2.77. The van der Waals surface area contributed by atoms with Gasteiger partial charge in [-0.25, -0.2) is 14.0 Å². The number of benzene rings is 2. The number of likely N-dealkylation sites (N-methyl/N-ethyl adjacent to an activating group) is 1. The third-order valence-corrected chi connectivity index (χ3v) is 5.15. The lowest BCUT2D eigenvalue weighted by Gasteiger charge is -2.36. The van der Waals surface area contributed by atoms with E-state index >= 15 is 0 Å². The number of nitrogens with one attached hydrogen (secondary N) is 1. The van der Waals surface area contributed by atoms with Gasteiger partial charge in [0.1, 0.15) is 18.2 Å². The van der Waals surface area contributed by atoms with Gasteiger partial charge in [0, 0.05) is 12.1 Å². The Kier molecular flexibility index (Phi) is 7.28. The molecule has 1 N–H and O–H groups in total. The molecule has 1 heterocycles. The molecule has 3 rings (SSSR count). The van der Waals surface area contributed by atoms with Gasteiger partial charge in [-0.1, -0.05) is 37.3 Å². The Morgan fingerprint density at radius 2 is 1.90 bits per heavy atom. The highest BCUT2D eigenvalue weighted by molar-refractivity contribution is 5.95. The summed E-state index contributed by atoms with van der Waals surface area (Å²) in [6, 6.07) is 12.3. The highest BCUT2D eigenvalue weighted by atomic mass is 19.1. The van der Waals surface area contributed by atoms with Gasteiger partial charge in [-0.2, -0.15) is 0 Å². The summed E-state index contributed by atoms with van der Waals surface area (Å²) in [6.07, 6.45) is 0.854. The van der Waals surface area contributed by atoms with Gasteiger partial charge in [-0.05, 0) is 44.0 Å². The number of aryl methyl sites for hydroxylation is 1. The smallest absolute Gasteiger partial charge is 0.338 e. The number of halogens is 1. The zero-order chi connectivity index (χ0) is 22.4. The van der Waals surface area contributed by atoms with Crippen LogP contribution >= 0.6 is 0 Å². The van der Waals surface area contributed by atoms with E-state index in [1.165, 1.54) is 11.0 Å². The second-order valence-corrected chi connectivity index (χ2v) is 7.02. The van der Waals surface area contributed by atoms with E-state index in [4.69, 9.17) is 9.47 Å². The van der Waals surface area contributed by atoms with Crippen molar-refractivity contribution in [3.05, 3.63) is 76.7 Å². The normalized spacial score (nSPS) is 16.2. The van der Waals surface area contributed by atoms with Crippen molar-refractivity contribution in [2.75, 3.05) is 19.8 Å². The SMILES string of the molecule is CCOC(=O)C1=C(COc2cccc(CC)c2)N(CC)C(=O)N[C@H]1c1ccccc1F. The Labute approximate surface area is 181 Å². The first kappa shape index (κ1) is 22.3. The largest absolute Gasteiger partial charge is 0.487 e. The maximum atomic E-state index is 14.6. The predicted octanol–water partition coefficient (Wildman–Crippen LogP) is 4.37. The third-order valence-electron chi connectivity index (χ3n) is 5.15. The van der Waals surface area contributed by atoms with Crippen LogP contribution in [0.4, 0.5) is 9.18 Å². The fourth-order valence-electron chi connectivity index (χ4n) is 3.59. The molecule has 2 aromatic carbocycles. The van der Waals surface area contributed by atoms with Gasteiger partial charge in [-0.15, -0.1) is 0 Å². The summed E-state index contributed by atoms with van der Waals surface area (Å²) in [6.45, 7) is 5.97. The number of carbonyl (C=O) groups is 2. The Morgan fingerprint density at radius 1 is 1.13 bits per heavy atom. The van der Waals surface area contributed by atoms with Gasteiger partial charge in [0.25, 0.3) is 0 Å². The molecule has 0 unspecified atom stereocenters. The number of hydrogen-bond acceptors (Lipinski definition) is 4. The van der Waals surface area contributed by atoms with Crippen LogP contribution in [0.15, 0.2) is 59.8 Å². The van der Waals surface area contributed by atoms with Crippen molar-refractivity contribution < 1.29 is 23.5 Å². The number of hydrogen-bond donors (Lipinski definition) is 1. The third kappa shape index (κ3) is 4.87. The molecule has 0 aromatic heterocycles. The van der Waals surface area contributed by atoms with Crippen molar-refractivity contribution >= 4 is 12.0 Å². The van der Waals surface area contributed by atoms with Gasteiger partial charge >= 0.3 is 12.0 Å². The first-order chi connectivity index (χ1) is 15.0. The zero-order valence-electron chi connectivity index (χ0n) is 18.0. The van der Waals surface area contributed by atoms with Gasteiger partial charge < -0.3 is 14.8 Å². The maximum Gasteiger partial charge on any atom is 0.338 e. The van der Waals surface area contributed by atoms with E-state index < -0.39 is 23.9 Å². The van der Waals surface area contributed by atoms with Crippen molar-refractivity contribution in [2.24, 2.45) is 0 Å². The van der Waals surface area contributed by atoms with E-state index in [9.17, 15) is 14.0 Å². The van der Waals surface area contributed by atoms with Crippen molar-refractivity contribution in [1.82, 2.24) is 10.2 Å². The number of carbonyl (C=O) groups excluding carboxylic acids is 2. The minimum atomic E-state index is -0.976. The lowest BCUT2D eigenvalue weighted by molar-refractivity contribution is -0.139. The summed E-state index contributed by atoms with van der Waals surface area (Å²) in [5.41, 5.74) is 1.83. The molecule has 0 fully saturated rings. The standard InChI is InChI=1S/C24H27FN2O4/c1-4-16-10-9-11-17(14-16)31-15-20-21(23(28)30-6-3)22(26-24(29)27(20)5-2)18-12-7-8-13-19(18)25/h7-14,22H,4-6,15H2,1-3H3,(H,26,29)/t22-/m0/s1. The average molecular weight is 426 g/mol. The fraction of sp³-hybridized carbons (Fsp3) is 0.333. The lowest BCUT2D eigenvalue weighted by Crippen LogP contribution is -2.49. The summed E-state index contributed by atoms with van der Waals surface area (Å²) in [7, 11) is 0. The Balaban J connectivity index is 2.07. The summed E-state index contributed by atoms with van der Waals surface area (Å²) < 4.78 is 25.8. The van der Waals surface area contributed by atoms with Crippen LogP contribution < -0.4 is 10.1 Å². The van der Waals surface area contributed by atoms with Crippen LogP contribution in [-0.2, 0) is 16.0 Å². The summed E-state index contributed by atoms with van der Waals surface area (Å²) in [5.74, 6) is -0.509. The molecule has 7 heteroatoms. The minimum Gasteiger partial charge on any atom is -0.487 e. The van der Waals surface area contributed by atoms with Gasteiger partial charge in [-0.3, -0.25) is 4.90 Å². The Bertz CT molecular complexity index is 989. The molecule has 31 heavy (non-hydrogen) atoms. The molecule has 0 spiro atoms. The number of amides is 2. The number of rotatable bonds is 8. The van der Waals surface area contributed by atoms with Crippen LogP contribution in [0.25, 0.3) is 0 Å². The summed E-state index contributed by atoms with van der Waals surface area (Å²) in [4.78, 5) is 27.2. The second kappa shape index (κ2) is 10.1. The molecular weight excluding hydrogens is 399 g/mol. The van der Waals surface area contributed by atoms with E-state index in [-0.39, 0.29) is 24.4 Å². The number of urea groups is 1. The molecule has 1 aliphatic rings. The van der Waals surface area contributed by atoms with E-state index in [0.29, 0.717) is 18.0 Å². The topological polar surface area (TPSA) is 67.9 Å². The maximum absolute atomic E-state index is 14.6. The first-order valence-corrected chi connectivity index (χ1v) is 10.4. The Morgan fingerprint density at radius 3 is 2.58 bits per heavy atom. The molecular formula is C24H27FN2O4. The lowest BCUT2D eigenvalue weighted by atomic mass is 9.94. The van der Waals surface area contributed by atoms with Crippen LogP contribution in [0.3, 0.4) is 0 Å². The van der Waals surface area contributed by atoms with Gasteiger partial charge in [0.15, 0.2) is 0 Å². The molecule has 2 aromatic rings. The van der Waals surface area contributed by atoms with Crippen molar-refractivity contribution in [3.63, 3.8) is 0 Å². The summed E-state index contributed by atoms with van der Waals surface area (Å²) in [5, 5.41) is 2.74. The monoisotopic (exact) mass is 426 g/mol. The van der Waals surface area contributed by atoms with Crippen molar-refractivity contribution in [2.45, 2.75) is 33.2 Å².